The Kier molecular flexibility index (Phi) is 12.1. The fraction of sp³-hybridized carbons (Fsp3) is 0.857. The van der Waals surface area contributed by atoms with Gasteiger partial charge in [-0.15, -0.1) is 6.42 Å². The average Bonchev–Trinajstić information content (AvgIpc) is 2.28. The van der Waals surface area contributed by atoms with Crippen LogP contribution in [0, 0.1) is 12.3 Å². The molecule has 2 nitrogen and oxygen atoms in total. The standard InChI is InChI=1S/C14H28N2/c1-4-10-15-11-8-7-9-14-16(12-5-2)13-6-3/h2,15H,4,6-14H2,1,3H3. The molecule has 16 heavy (non-hydrogen) atoms. The molecule has 1 N–H and O–H groups in total. The Morgan fingerprint density at radius 1 is 1.00 bits per heavy atom. The van der Waals surface area contributed by atoms with Crippen molar-refractivity contribution in [1.29, 1.82) is 0 Å². The summed E-state index contributed by atoms with van der Waals surface area (Å²) in [5.41, 5.74) is 0. The first kappa shape index (κ1) is 15.5. The first-order chi connectivity index (χ1) is 7.85. The monoisotopic (exact) mass is 224 g/mol. The van der Waals surface area contributed by atoms with E-state index in [1.807, 2.05) is 0 Å². The van der Waals surface area contributed by atoms with E-state index in [-0.39, 0.29) is 0 Å². The van der Waals surface area contributed by atoms with Crippen LogP contribution in [0.2, 0.25) is 0 Å². The summed E-state index contributed by atoms with van der Waals surface area (Å²) < 4.78 is 0. The molecule has 0 aliphatic carbocycles. The minimum absolute atomic E-state index is 0.807. The van der Waals surface area contributed by atoms with Gasteiger partial charge in [-0.25, -0.2) is 0 Å². The van der Waals surface area contributed by atoms with E-state index < -0.39 is 0 Å². The molecule has 0 heterocycles. The van der Waals surface area contributed by atoms with Gasteiger partial charge in [0.15, 0.2) is 0 Å². The van der Waals surface area contributed by atoms with Gasteiger partial charge in [-0.05, 0) is 51.9 Å². The largest absolute Gasteiger partial charge is 0.317 e. The summed E-state index contributed by atoms with van der Waals surface area (Å²) in [5.74, 6) is 2.73. The summed E-state index contributed by atoms with van der Waals surface area (Å²) in [6, 6.07) is 0. The number of nitrogens with one attached hydrogen (secondary N) is 1. The zero-order valence-corrected chi connectivity index (χ0v) is 11.1. The summed E-state index contributed by atoms with van der Waals surface area (Å²) in [5, 5.41) is 3.43. The second-order valence-electron chi connectivity index (χ2n) is 4.29. The van der Waals surface area contributed by atoms with Crippen molar-refractivity contribution in [3.05, 3.63) is 0 Å². The SMILES string of the molecule is C#CCN(CCC)CCCCCNCCC. The van der Waals surface area contributed by atoms with Gasteiger partial charge >= 0.3 is 0 Å². The molecule has 0 amide bonds. The number of unbranched alkanes of at least 4 members (excludes halogenated alkanes) is 2. The third-order valence-electron chi connectivity index (χ3n) is 2.61. The Labute approximate surface area is 102 Å². The molecule has 0 aromatic carbocycles. The number of rotatable bonds is 11. The molecule has 2 heteroatoms. The van der Waals surface area contributed by atoms with Crippen LogP contribution >= 0.6 is 0 Å². The maximum Gasteiger partial charge on any atom is 0.0598 e. The average molecular weight is 224 g/mol. The molecule has 0 bridgehead atoms. The minimum atomic E-state index is 0.807. The molecule has 0 radical (unpaired) electrons. The van der Waals surface area contributed by atoms with E-state index in [0.29, 0.717) is 0 Å². The lowest BCUT2D eigenvalue weighted by Gasteiger charge is -2.18. The van der Waals surface area contributed by atoms with Crippen LogP contribution in [0.1, 0.15) is 46.0 Å². The van der Waals surface area contributed by atoms with Crippen molar-refractivity contribution < 1.29 is 0 Å². The molecule has 0 saturated carbocycles. The summed E-state index contributed by atoms with van der Waals surface area (Å²) in [6.07, 6.45) is 11.6. The van der Waals surface area contributed by atoms with Crippen molar-refractivity contribution in [2.75, 3.05) is 32.7 Å². The number of hydrogen-bond acceptors (Lipinski definition) is 2. The normalized spacial score (nSPS) is 10.6. The van der Waals surface area contributed by atoms with E-state index in [0.717, 1.165) is 32.7 Å². The van der Waals surface area contributed by atoms with Gasteiger partial charge in [0.1, 0.15) is 0 Å². The van der Waals surface area contributed by atoms with E-state index in [4.69, 9.17) is 6.42 Å². The van der Waals surface area contributed by atoms with Crippen molar-refractivity contribution >= 4 is 0 Å². The van der Waals surface area contributed by atoms with Crippen LogP contribution < -0.4 is 5.32 Å². The molecule has 0 rings (SSSR count). The molecule has 0 aliphatic rings. The Hall–Kier alpha value is -0.520. The van der Waals surface area contributed by atoms with Crippen LogP contribution in [-0.4, -0.2) is 37.6 Å². The van der Waals surface area contributed by atoms with Crippen LogP contribution in [0.25, 0.3) is 0 Å². The topological polar surface area (TPSA) is 15.3 Å². The van der Waals surface area contributed by atoms with E-state index in [1.54, 1.807) is 0 Å². The van der Waals surface area contributed by atoms with Gasteiger partial charge in [-0.1, -0.05) is 26.2 Å². The number of terminal acetylenes is 1. The van der Waals surface area contributed by atoms with Gasteiger partial charge < -0.3 is 5.32 Å². The third kappa shape index (κ3) is 10.0. The molecule has 94 valence electrons. The second kappa shape index (κ2) is 12.5. The summed E-state index contributed by atoms with van der Waals surface area (Å²) >= 11 is 0. The van der Waals surface area contributed by atoms with E-state index in [2.05, 4.69) is 30.0 Å². The fourth-order valence-electron chi connectivity index (χ4n) is 1.78. The molecular formula is C14H28N2. The van der Waals surface area contributed by atoms with Crippen LogP contribution in [0.15, 0.2) is 0 Å². The first-order valence-electron chi connectivity index (χ1n) is 6.71. The maximum atomic E-state index is 5.34. The van der Waals surface area contributed by atoms with Crippen LogP contribution in [0.4, 0.5) is 0 Å². The van der Waals surface area contributed by atoms with Crippen molar-refractivity contribution in [3.63, 3.8) is 0 Å². The highest BCUT2D eigenvalue weighted by Gasteiger charge is 2.00. The lowest BCUT2D eigenvalue weighted by Crippen LogP contribution is -2.26. The third-order valence-corrected chi connectivity index (χ3v) is 2.61. The van der Waals surface area contributed by atoms with E-state index in [1.165, 1.54) is 32.1 Å². The summed E-state index contributed by atoms with van der Waals surface area (Å²) in [6.45, 7) is 9.83. The Balaban J connectivity index is 3.30. The molecule has 0 atom stereocenters. The number of nitrogens with zero attached hydrogens (tertiary/aromatic N) is 1. The first-order valence-corrected chi connectivity index (χ1v) is 6.71. The smallest absolute Gasteiger partial charge is 0.0598 e. The van der Waals surface area contributed by atoms with Crippen LogP contribution in [0.5, 0.6) is 0 Å². The molecule has 0 aromatic rings. The molecule has 0 fully saturated rings. The van der Waals surface area contributed by atoms with E-state index >= 15 is 0 Å². The summed E-state index contributed by atoms with van der Waals surface area (Å²) in [4.78, 5) is 2.37. The predicted octanol–water partition coefficient (Wildman–Crippen LogP) is 2.50. The van der Waals surface area contributed by atoms with Gasteiger partial charge in [-0.2, -0.15) is 0 Å². The highest BCUT2D eigenvalue weighted by Crippen LogP contribution is 1.99. The second-order valence-corrected chi connectivity index (χ2v) is 4.29. The quantitative estimate of drug-likeness (QED) is 0.428. The maximum absolute atomic E-state index is 5.34. The lowest BCUT2D eigenvalue weighted by molar-refractivity contribution is 0.299. The molecule has 0 spiro atoms. The van der Waals surface area contributed by atoms with Gasteiger partial charge in [0.2, 0.25) is 0 Å². The van der Waals surface area contributed by atoms with Crippen molar-refractivity contribution in [1.82, 2.24) is 10.2 Å². The Morgan fingerprint density at radius 2 is 1.81 bits per heavy atom. The van der Waals surface area contributed by atoms with Crippen molar-refractivity contribution in [3.8, 4) is 12.3 Å². The van der Waals surface area contributed by atoms with E-state index in [9.17, 15) is 0 Å². The van der Waals surface area contributed by atoms with Gasteiger partial charge in [0.25, 0.3) is 0 Å². The van der Waals surface area contributed by atoms with Crippen molar-refractivity contribution in [2.24, 2.45) is 0 Å². The lowest BCUT2D eigenvalue weighted by atomic mass is 10.2. The molecule has 0 aliphatic heterocycles. The molecule has 0 saturated heterocycles. The van der Waals surface area contributed by atoms with Crippen molar-refractivity contribution in [2.45, 2.75) is 46.0 Å². The van der Waals surface area contributed by atoms with Crippen LogP contribution in [-0.2, 0) is 0 Å². The van der Waals surface area contributed by atoms with Gasteiger partial charge in [0, 0.05) is 0 Å². The Bertz CT molecular complexity index is 172. The summed E-state index contributed by atoms with van der Waals surface area (Å²) in [7, 11) is 0. The fourth-order valence-corrected chi connectivity index (χ4v) is 1.78. The predicted molar refractivity (Wildman–Crippen MR) is 72.6 cm³/mol. The van der Waals surface area contributed by atoms with Gasteiger partial charge in [0.05, 0.1) is 6.54 Å². The highest BCUT2D eigenvalue weighted by molar-refractivity contribution is 4.87. The molecule has 0 aromatic heterocycles. The van der Waals surface area contributed by atoms with Crippen LogP contribution in [0.3, 0.4) is 0 Å². The highest BCUT2D eigenvalue weighted by atomic mass is 15.1. The zero-order valence-electron chi connectivity index (χ0n) is 11.1. The van der Waals surface area contributed by atoms with Gasteiger partial charge in [-0.3, -0.25) is 4.90 Å². The number of hydrogen-bond donors (Lipinski definition) is 1. The molecule has 0 unspecified atom stereocenters. The Morgan fingerprint density at radius 3 is 2.44 bits per heavy atom. The molecular weight excluding hydrogens is 196 g/mol. The minimum Gasteiger partial charge on any atom is -0.317 e. The zero-order chi connectivity index (χ0) is 12.1.